The number of rotatable bonds is 6. The first-order valence-electron chi connectivity index (χ1n) is 5.44. The SMILES string of the molecule is CCCCCCC(=O)Nc1nc(C)cs1. The molecule has 1 aromatic rings. The molecular formula is C11H18N2OS. The lowest BCUT2D eigenvalue weighted by molar-refractivity contribution is -0.116. The summed E-state index contributed by atoms with van der Waals surface area (Å²) in [6.07, 6.45) is 5.14. The zero-order valence-electron chi connectivity index (χ0n) is 9.38. The average Bonchev–Trinajstić information content (AvgIpc) is 2.59. The number of amides is 1. The van der Waals surface area contributed by atoms with E-state index in [0.717, 1.165) is 18.5 Å². The van der Waals surface area contributed by atoms with E-state index >= 15 is 0 Å². The molecule has 0 bridgehead atoms. The molecule has 1 N–H and O–H groups in total. The molecule has 1 heterocycles. The van der Waals surface area contributed by atoms with Crippen LogP contribution in [0, 0.1) is 6.92 Å². The average molecular weight is 226 g/mol. The number of aromatic nitrogens is 1. The highest BCUT2D eigenvalue weighted by Gasteiger charge is 2.04. The number of unbranched alkanes of at least 4 members (excludes halogenated alkanes) is 3. The summed E-state index contributed by atoms with van der Waals surface area (Å²) in [4.78, 5) is 15.6. The molecule has 4 heteroatoms. The third-order valence-electron chi connectivity index (χ3n) is 2.12. The molecule has 0 aliphatic rings. The molecule has 0 aliphatic heterocycles. The number of carbonyl (C=O) groups is 1. The van der Waals surface area contributed by atoms with Crippen molar-refractivity contribution < 1.29 is 4.79 Å². The maximum absolute atomic E-state index is 11.4. The number of hydrogen-bond donors (Lipinski definition) is 1. The number of aryl methyl sites for hydroxylation is 1. The molecule has 0 aromatic carbocycles. The summed E-state index contributed by atoms with van der Waals surface area (Å²) in [6.45, 7) is 4.09. The quantitative estimate of drug-likeness (QED) is 0.756. The maximum Gasteiger partial charge on any atom is 0.226 e. The van der Waals surface area contributed by atoms with Crippen LogP contribution in [0.1, 0.15) is 44.7 Å². The van der Waals surface area contributed by atoms with Gasteiger partial charge >= 0.3 is 0 Å². The van der Waals surface area contributed by atoms with Crippen LogP contribution in [0.3, 0.4) is 0 Å². The Morgan fingerprint density at radius 2 is 2.27 bits per heavy atom. The van der Waals surface area contributed by atoms with Gasteiger partial charge in [-0.3, -0.25) is 4.79 Å². The van der Waals surface area contributed by atoms with E-state index < -0.39 is 0 Å². The first kappa shape index (κ1) is 12.2. The van der Waals surface area contributed by atoms with Gasteiger partial charge in [0.2, 0.25) is 5.91 Å². The molecule has 0 fully saturated rings. The third-order valence-corrected chi connectivity index (χ3v) is 3.00. The number of carbonyl (C=O) groups excluding carboxylic acids is 1. The summed E-state index contributed by atoms with van der Waals surface area (Å²) < 4.78 is 0. The van der Waals surface area contributed by atoms with Crippen molar-refractivity contribution in [3.05, 3.63) is 11.1 Å². The second kappa shape index (κ2) is 6.56. The minimum Gasteiger partial charge on any atom is -0.302 e. The molecule has 1 aromatic heterocycles. The van der Waals surface area contributed by atoms with Crippen LogP contribution in [-0.2, 0) is 4.79 Å². The molecule has 1 rings (SSSR count). The fraction of sp³-hybridized carbons (Fsp3) is 0.636. The first-order chi connectivity index (χ1) is 7.22. The van der Waals surface area contributed by atoms with Gasteiger partial charge in [0, 0.05) is 11.8 Å². The van der Waals surface area contributed by atoms with Gasteiger partial charge in [-0.15, -0.1) is 11.3 Å². The second-order valence-electron chi connectivity index (χ2n) is 3.65. The largest absolute Gasteiger partial charge is 0.302 e. The van der Waals surface area contributed by atoms with Gasteiger partial charge in [-0.05, 0) is 13.3 Å². The Bertz CT molecular complexity index is 309. The molecule has 0 aliphatic carbocycles. The van der Waals surface area contributed by atoms with Crippen LogP contribution in [-0.4, -0.2) is 10.9 Å². The Labute approximate surface area is 94.9 Å². The Morgan fingerprint density at radius 3 is 2.87 bits per heavy atom. The fourth-order valence-electron chi connectivity index (χ4n) is 1.31. The zero-order chi connectivity index (χ0) is 11.1. The fourth-order valence-corrected chi connectivity index (χ4v) is 2.01. The monoisotopic (exact) mass is 226 g/mol. The van der Waals surface area contributed by atoms with Crippen molar-refractivity contribution in [1.82, 2.24) is 4.98 Å². The van der Waals surface area contributed by atoms with Crippen molar-refractivity contribution in [3.63, 3.8) is 0 Å². The van der Waals surface area contributed by atoms with Crippen molar-refractivity contribution in [2.45, 2.75) is 46.0 Å². The molecule has 0 spiro atoms. The van der Waals surface area contributed by atoms with E-state index in [0.29, 0.717) is 11.6 Å². The zero-order valence-corrected chi connectivity index (χ0v) is 10.2. The highest BCUT2D eigenvalue weighted by Crippen LogP contribution is 2.15. The van der Waals surface area contributed by atoms with Crippen LogP contribution in [0.4, 0.5) is 5.13 Å². The van der Waals surface area contributed by atoms with Crippen LogP contribution >= 0.6 is 11.3 Å². The van der Waals surface area contributed by atoms with Crippen molar-refractivity contribution in [1.29, 1.82) is 0 Å². The molecule has 0 saturated carbocycles. The Kier molecular flexibility index (Phi) is 5.32. The lowest BCUT2D eigenvalue weighted by Crippen LogP contribution is -2.10. The second-order valence-corrected chi connectivity index (χ2v) is 4.51. The van der Waals surface area contributed by atoms with Gasteiger partial charge < -0.3 is 5.32 Å². The van der Waals surface area contributed by atoms with Crippen molar-refractivity contribution in [2.75, 3.05) is 5.32 Å². The lowest BCUT2D eigenvalue weighted by atomic mass is 10.1. The van der Waals surface area contributed by atoms with Gasteiger partial charge in [0.1, 0.15) is 0 Å². The normalized spacial score (nSPS) is 10.3. The molecule has 0 radical (unpaired) electrons. The van der Waals surface area contributed by atoms with Crippen molar-refractivity contribution in [2.24, 2.45) is 0 Å². The van der Waals surface area contributed by atoms with E-state index in [1.54, 1.807) is 0 Å². The predicted octanol–water partition coefficient (Wildman–Crippen LogP) is 3.36. The molecular weight excluding hydrogens is 208 g/mol. The van der Waals surface area contributed by atoms with Crippen molar-refractivity contribution in [3.8, 4) is 0 Å². The molecule has 0 saturated heterocycles. The number of anilines is 1. The van der Waals surface area contributed by atoms with Gasteiger partial charge in [-0.25, -0.2) is 4.98 Å². The molecule has 15 heavy (non-hydrogen) atoms. The Balaban J connectivity index is 2.18. The molecule has 1 amide bonds. The number of hydrogen-bond acceptors (Lipinski definition) is 3. The van der Waals surface area contributed by atoms with E-state index in [1.807, 2.05) is 12.3 Å². The third kappa shape index (κ3) is 4.93. The number of nitrogens with one attached hydrogen (secondary N) is 1. The van der Waals surface area contributed by atoms with Crippen LogP contribution in [0.25, 0.3) is 0 Å². The van der Waals surface area contributed by atoms with Crippen LogP contribution in [0.2, 0.25) is 0 Å². The summed E-state index contributed by atoms with van der Waals surface area (Å²) in [7, 11) is 0. The van der Waals surface area contributed by atoms with Gasteiger partial charge in [0.05, 0.1) is 5.69 Å². The van der Waals surface area contributed by atoms with E-state index in [1.165, 1.54) is 24.2 Å². The summed E-state index contributed by atoms with van der Waals surface area (Å²) in [5.41, 5.74) is 0.960. The highest BCUT2D eigenvalue weighted by molar-refractivity contribution is 7.13. The summed E-state index contributed by atoms with van der Waals surface area (Å²) in [6, 6.07) is 0. The first-order valence-corrected chi connectivity index (χ1v) is 6.32. The van der Waals surface area contributed by atoms with Crippen LogP contribution in [0.5, 0.6) is 0 Å². The Morgan fingerprint density at radius 1 is 1.47 bits per heavy atom. The lowest BCUT2D eigenvalue weighted by Gasteiger charge is -2.00. The molecule has 0 unspecified atom stereocenters. The summed E-state index contributed by atoms with van der Waals surface area (Å²) in [5.74, 6) is 0.0838. The highest BCUT2D eigenvalue weighted by atomic mass is 32.1. The smallest absolute Gasteiger partial charge is 0.226 e. The minimum absolute atomic E-state index is 0.0838. The van der Waals surface area contributed by atoms with E-state index in [2.05, 4.69) is 17.2 Å². The molecule has 3 nitrogen and oxygen atoms in total. The van der Waals surface area contributed by atoms with E-state index in [4.69, 9.17) is 0 Å². The minimum atomic E-state index is 0.0838. The summed E-state index contributed by atoms with van der Waals surface area (Å²) >= 11 is 1.48. The predicted molar refractivity (Wildman–Crippen MR) is 64.2 cm³/mol. The molecule has 84 valence electrons. The molecule has 0 atom stereocenters. The van der Waals surface area contributed by atoms with Gasteiger partial charge in [-0.1, -0.05) is 26.2 Å². The van der Waals surface area contributed by atoms with Crippen LogP contribution < -0.4 is 5.32 Å². The van der Waals surface area contributed by atoms with E-state index in [-0.39, 0.29) is 5.91 Å². The van der Waals surface area contributed by atoms with E-state index in [9.17, 15) is 4.79 Å². The topological polar surface area (TPSA) is 42.0 Å². The number of nitrogens with zero attached hydrogens (tertiary/aromatic N) is 1. The van der Waals surface area contributed by atoms with Gasteiger partial charge in [0.25, 0.3) is 0 Å². The maximum atomic E-state index is 11.4. The summed E-state index contributed by atoms with van der Waals surface area (Å²) in [5, 5.41) is 5.46. The van der Waals surface area contributed by atoms with Gasteiger partial charge in [-0.2, -0.15) is 0 Å². The Hall–Kier alpha value is -0.900. The van der Waals surface area contributed by atoms with Crippen molar-refractivity contribution >= 4 is 22.4 Å². The van der Waals surface area contributed by atoms with Crippen LogP contribution in [0.15, 0.2) is 5.38 Å². The number of thiazole rings is 1. The van der Waals surface area contributed by atoms with Gasteiger partial charge in [0.15, 0.2) is 5.13 Å². The standard InChI is InChI=1S/C11H18N2OS/c1-3-4-5-6-7-10(14)13-11-12-9(2)8-15-11/h8H,3-7H2,1-2H3,(H,12,13,14).